The first kappa shape index (κ1) is 20.2. The van der Waals surface area contributed by atoms with Gasteiger partial charge in [-0.15, -0.1) is 11.3 Å². The first-order valence-electron chi connectivity index (χ1n) is 9.65. The Kier molecular flexibility index (Phi) is 8.16. The number of hydrogen-bond acceptors (Lipinski definition) is 4. The Morgan fingerprint density at radius 3 is 2.56 bits per heavy atom. The fourth-order valence-electron chi connectivity index (χ4n) is 3.70. The molecule has 1 aliphatic heterocycles. The van der Waals surface area contributed by atoms with Crippen molar-refractivity contribution in [3.05, 3.63) is 15.6 Å². The molecule has 0 saturated carbocycles. The third-order valence-corrected chi connectivity index (χ3v) is 5.67. The predicted molar refractivity (Wildman–Crippen MR) is 108 cm³/mol. The molecule has 1 aromatic heterocycles. The number of guanidine groups is 1. The van der Waals surface area contributed by atoms with E-state index in [2.05, 4.69) is 55.1 Å². The van der Waals surface area contributed by atoms with Gasteiger partial charge in [0, 0.05) is 31.1 Å². The van der Waals surface area contributed by atoms with Crippen LogP contribution in [0.1, 0.15) is 49.2 Å². The molecule has 0 spiro atoms. The number of thiazole rings is 1. The Morgan fingerprint density at radius 2 is 1.96 bits per heavy atom. The molecule has 1 fully saturated rings. The topological polar surface area (TPSA) is 52.6 Å². The van der Waals surface area contributed by atoms with Gasteiger partial charge < -0.3 is 15.5 Å². The van der Waals surface area contributed by atoms with Gasteiger partial charge in [-0.25, -0.2) is 9.98 Å². The van der Waals surface area contributed by atoms with Crippen molar-refractivity contribution < 1.29 is 0 Å². The second-order valence-electron chi connectivity index (χ2n) is 7.42. The van der Waals surface area contributed by atoms with Gasteiger partial charge in [0.05, 0.1) is 17.2 Å². The predicted octanol–water partition coefficient (Wildman–Crippen LogP) is 3.18. The van der Waals surface area contributed by atoms with Crippen molar-refractivity contribution in [3.8, 4) is 0 Å². The van der Waals surface area contributed by atoms with Gasteiger partial charge in [0.15, 0.2) is 5.96 Å². The van der Waals surface area contributed by atoms with Crippen LogP contribution in [0.4, 0.5) is 0 Å². The molecule has 1 saturated heterocycles. The lowest BCUT2D eigenvalue weighted by Crippen LogP contribution is -2.41. The molecule has 0 radical (unpaired) electrons. The molecule has 0 bridgehead atoms. The molecule has 6 heteroatoms. The lowest BCUT2D eigenvalue weighted by Gasteiger charge is -2.35. The molecule has 5 nitrogen and oxygen atoms in total. The average molecular weight is 366 g/mol. The third-order valence-electron chi connectivity index (χ3n) is 4.61. The number of aryl methyl sites for hydroxylation is 2. The zero-order valence-corrected chi connectivity index (χ0v) is 17.4. The highest BCUT2D eigenvalue weighted by molar-refractivity contribution is 7.11. The zero-order chi connectivity index (χ0) is 18.2. The minimum Gasteiger partial charge on any atom is -0.357 e. The van der Waals surface area contributed by atoms with Gasteiger partial charge in [-0.05, 0) is 52.0 Å². The largest absolute Gasteiger partial charge is 0.357 e. The minimum absolute atomic E-state index is 0.702. The van der Waals surface area contributed by atoms with E-state index >= 15 is 0 Å². The number of aliphatic imine (C=N–C) groups is 1. The maximum absolute atomic E-state index is 4.72. The summed E-state index contributed by atoms with van der Waals surface area (Å²) in [7, 11) is 0. The Bertz CT molecular complexity index is 544. The van der Waals surface area contributed by atoms with Crippen molar-refractivity contribution in [2.75, 3.05) is 32.7 Å². The molecule has 2 atom stereocenters. The normalized spacial score (nSPS) is 22.2. The van der Waals surface area contributed by atoms with Crippen LogP contribution in [0.15, 0.2) is 4.99 Å². The van der Waals surface area contributed by atoms with E-state index in [1.165, 1.54) is 30.9 Å². The summed E-state index contributed by atoms with van der Waals surface area (Å²) in [6.07, 6.45) is 2.53. The number of rotatable bonds is 7. The van der Waals surface area contributed by atoms with Crippen LogP contribution in [0.3, 0.4) is 0 Å². The summed E-state index contributed by atoms with van der Waals surface area (Å²) in [6.45, 7) is 17.2. The number of likely N-dealkylation sites (tertiary alicyclic amines) is 1. The second kappa shape index (κ2) is 10.1. The summed E-state index contributed by atoms with van der Waals surface area (Å²) in [5.41, 5.74) is 1.11. The fourth-order valence-corrected chi connectivity index (χ4v) is 4.56. The van der Waals surface area contributed by atoms with E-state index in [1.807, 2.05) is 0 Å². The minimum atomic E-state index is 0.702. The first-order valence-corrected chi connectivity index (χ1v) is 10.5. The van der Waals surface area contributed by atoms with Crippen LogP contribution in [-0.4, -0.2) is 48.6 Å². The average Bonchev–Trinajstić information content (AvgIpc) is 2.86. The number of hydrogen-bond donors (Lipinski definition) is 2. The van der Waals surface area contributed by atoms with Crippen LogP contribution in [0.5, 0.6) is 0 Å². The lowest BCUT2D eigenvalue weighted by molar-refractivity contribution is 0.140. The second-order valence-corrected chi connectivity index (χ2v) is 8.71. The SMILES string of the molecule is CCNC(=NCc1sc(C)nc1C)NCCCN1CC(C)CC(C)C1. The number of nitrogens with zero attached hydrogens (tertiary/aromatic N) is 3. The zero-order valence-electron chi connectivity index (χ0n) is 16.6. The first-order chi connectivity index (χ1) is 12.0. The van der Waals surface area contributed by atoms with Crippen molar-refractivity contribution in [1.82, 2.24) is 20.5 Å². The maximum Gasteiger partial charge on any atom is 0.191 e. The van der Waals surface area contributed by atoms with Gasteiger partial charge in [-0.3, -0.25) is 0 Å². The Morgan fingerprint density at radius 1 is 1.24 bits per heavy atom. The summed E-state index contributed by atoms with van der Waals surface area (Å²) in [4.78, 5) is 13.1. The summed E-state index contributed by atoms with van der Waals surface area (Å²) in [5, 5.41) is 7.93. The molecule has 1 aliphatic rings. The van der Waals surface area contributed by atoms with Gasteiger partial charge in [0.25, 0.3) is 0 Å². The summed E-state index contributed by atoms with van der Waals surface area (Å²) in [6, 6.07) is 0. The van der Waals surface area contributed by atoms with Gasteiger partial charge >= 0.3 is 0 Å². The van der Waals surface area contributed by atoms with E-state index in [0.29, 0.717) is 6.54 Å². The molecule has 2 rings (SSSR count). The summed E-state index contributed by atoms with van der Waals surface area (Å²) in [5.74, 6) is 2.58. The van der Waals surface area contributed by atoms with Crippen LogP contribution in [0, 0.1) is 25.7 Å². The van der Waals surface area contributed by atoms with E-state index in [4.69, 9.17) is 4.99 Å². The highest BCUT2D eigenvalue weighted by atomic mass is 32.1. The van der Waals surface area contributed by atoms with Crippen LogP contribution < -0.4 is 10.6 Å². The molecular formula is C19H35N5S. The van der Waals surface area contributed by atoms with E-state index in [1.54, 1.807) is 11.3 Å². The smallest absolute Gasteiger partial charge is 0.191 e. The number of nitrogens with one attached hydrogen (secondary N) is 2. The molecule has 142 valence electrons. The number of aromatic nitrogens is 1. The molecule has 0 aromatic carbocycles. The standard InChI is InChI=1S/C19H35N5S/c1-6-20-19(22-11-18-16(4)23-17(5)25-18)21-8-7-9-24-12-14(2)10-15(3)13-24/h14-15H,6-13H2,1-5H3,(H2,20,21,22). The molecule has 2 N–H and O–H groups in total. The van der Waals surface area contributed by atoms with E-state index in [9.17, 15) is 0 Å². The van der Waals surface area contributed by atoms with E-state index < -0.39 is 0 Å². The molecule has 2 unspecified atom stereocenters. The van der Waals surface area contributed by atoms with E-state index in [0.717, 1.165) is 48.0 Å². The van der Waals surface area contributed by atoms with Gasteiger partial charge in [0.2, 0.25) is 0 Å². The molecule has 25 heavy (non-hydrogen) atoms. The monoisotopic (exact) mass is 365 g/mol. The Labute approximate surface area is 157 Å². The lowest BCUT2D eigenvalue weighted by atomic mass is 9.92. The summed E-state index contributed by atoms with van der Waals surface area (Å²) >= 11 is 1.74. The Balaban J connectivity index is 1.75. The highest BCUT2D eigenvalue weighted by Gasteiger charge is 2.20. The maximum atomic E-state index is 4.72. The molecule has 1 aromatic rings. The fraction of sp³-hybridized carbons (Fsp3) is 0.789. The van der Waals surface area contributed by atoms with Crippen molar-refractivity contribution in [2.24, 2.45) is 16.8 Å². The van der Waals surface area contributed by atoms with Crippen LogP contribution >= 0.6 is 11.3 Å². The quantitative estimate of drug-likeness (QED) is 0.443. The number of piperidine rings is 1. The van der Waals surface area contributed by atoms with Crippen LogP contribution in [0.2, 0.25) is 0 Å². The highest BCUT2D eigenvalue weighted by Crippen LogP contribution is 2.20. The van der Waals surface area contributed by atoms with Crippen molar-refractivity contribution in [1.29, 1.82) is 0 Å². The molecule has 0 aliphatic carbocycles. The van der Waals surface area contributed by atoms with Gasteiger partial charge in [-0.2, -0.15) is 0 Å². The Hall–Kier alpha value is -1.14. The van der Waals surface area contributed by atoms with E-state index in [-0.39, 0.29) is 0 Å². The van der Waals surface area contributed by atoms with Crippen molar-refractivity contribution in [3.63, 3.8) is 0 Å². The molecule has 0 amide bonds. The molecule has 2 heterocycles. The van der Waals surface area contributed by atoms with Crippen molar-refractivity contribution in [2.45, 2.75) is 54.0 Å². The summed E-state index contributed by atoms with van der Waals surface area (Å²) < 4.78 is 0. The van der Waals surface area contributed by atoms with Crippen molar-refractivity contribution >= 4 is 17.3 Å². The van der Waals surface area contributed by atoms with Gasteiger partial charge in [0.1, 0.15) is 0 Å². The molecular weight excluding hydrogens is 330 g/mol. The van der Waals surface area contributed by atoms with Crippen LogP contribution in [-0.2, 0) is 6.54 Å². The van der Waals surface area contributed by atoms with Crippen LogP contribution in [0.25, 0.3) is 0 Å². The van der Waals surface area contributed by atoms with Gasteiger partial charge in [-0.1, -0.05) is 13.8 Å². The third kappa shape index (κ3) is 6.94.